The Morgan fingerprint density at radius 1 is 1.27 bits per heavy atom. The van der Waals surface area contributed by atoms with Gasteiger partial charge < -0.3 is 10.0 Å². The fourth-order valence-corrected chi connectivity index (χ4v) is 0.879. The van der Waals surface area contributed by atoms with E-state index >= 15 is 0 Å². The van der Waals surface area contributed by atoms with Crippen LogP contribution in [0.4, 0.5) is 5.69 Å². The molecule has 1 rings (SSSR count). The summed E-state index contributed by atoms with van der Waals surface area (Å²) in [4.78, 5) is 1.81. The molecule has 0 saturated carbocycles. The number of hydrogen-bond donors (Lipinski definition) is 1. The lowest BCUT2D eigenvalue weighted by atomic mass is 10.3. The van der Waals surface area contributed by atoms with Crippen LogP contribution >= 0.6 is 0 Å². The number of benzene rings is 1. The van der Waals surface area contributed by atoms with Gasteiger partial charge in [0.15, 0.2) is 0 Å². The molecule has 1 atom stereocenters. The van der Waals surface area contributed by atoms with Gasteiger partial charge in [-0.1, -0.05) is 18.2 Å². The molecule has 0 aliphatic rings. The van der Waals surface area contributed by atoms with Crippen molar-refractivity contribution in [2.75, 3.05) is 11.9 Å². The predicted molar refractivity (Wildman–Crippen MR) is 46.5 cm³/mol. The monoisotopic (exact) mass is 151 g/mol. The third kappa shape index (κ3) is 1.95. The lowest BCUT2D eigenvalue weighted by Gasteiger charge is -2.21. The fraction of sp³-hybridized carbons (Fsp3) is 0.333. The Balaban J connectivity index is 2.77. The van der Waals surface area contributed by atoms with Crippen molar-refractivity contribution in [3.05, 3.63) is 30.3 Å². The predicted octanol–water partition coefficient (Wildman–Crippen LogP) is 1.46. The molecule has 60 valence electrons. The second-order valence-corrected chi connectivity index (χ2v) is 2.58. The van der Waals surface area contributed by atoms with Crippen molar-refractivity contribution in [3.63, 3.8) is 0 Å². The number of nitrogens with zero attached hydrogens (tertiary/aromatic N) is 1. The van der Waals surface area contributed by atoms with Crippen LogP contribution < -0.4 is 4.90 Å². The zero-order valence-electron chi connectivity index (χ0n) is 6.86. The lowest BCUT2D eigenvalue weighted by molar-refractivity contribution is 0.195. The average molecular weight is 151 g/mol. The van der Waals surface area contributed by atoms with E-state index in [1.54, 1.807) is 11.8 Å². The zero-order chi connectivity index (χ0) is 8.27. The topological polar surface area (TPSA) is 23.5 Å². The average Bonchev–Trinajstić information content (AvgIpc) is 2.05. The van der Waals surface area contributed by atoms with Crippen molar-refractivity contribution >= 4 is 5.69 Å². The molecule has 0 aliphatic carbocycles. The highest BCUT2D eigenvalue weighted by Crippen LogP contribution is 2.12. The molecule has 0 heterocycles. The van der Waals surface area contributed by atoms with E-state index in [9.17, 15) is 5.11 Å². The van der Waals surface area contributed by atoms with Crippen molar-refractivity contribution in [2.24, 2.45) is 0 Å². The molecule has 0 bridgehead atoms. The van der Waals surface area contributed by atoms with Crippen LogP contribution in [0.5, 0.6) is 0 Å². The maximum Gasteiger partial charge on any atom is 0.123 e. The summed E-state index contributed by atoms with van der Waals surface area (Å²) in [6.45, 7) is 1.74. The van der Waals surface area contributed by atoms with E-state index in [1.807, 2.05) is 37.4 Å². The Morgan fingerprint density at radius 3 is 2.27 bits per heavy atom. The smallest absolute Gasteiger partial charge is 0.123 e. The number of para-hydroxylation sites is 1. The van der Waals surface area contributed by atoms with Crippen molar-refractivity contribution < 1.29 is 5.11 Å². The first-order valence-electron chi connectivity index (χ1n) is 3.68. The highest BCUT2D eigenvalue weighted by Gasteiger charge is 2.03. The van der Waals surface area contributed by atoms with Crippen LogP contribution in [0.2, 0.25) is 0 Å². The first kappa shape index (κ1) is 8.08. The van der Waals surface area contributed by atoms with Gasteiger partial charge in [0.25, 0.3) is 0 Å². The largest absolute Gasteiger partial charge is 0.374 e. The maximum atomic E-state index is 9.20. The van der Waals surface area contributed by atoms with Gasteiger partial charge in [0.2, 0.25) is 0 Å². The summed E-state index contributed by atoms with van der Waals surface area (Å²) in [5.74, 6) is 0. The van der Waals surface area contributed by atoms with E-state index in [0.717, 1.165) is 5.69 Å². The van der Waals surface area contributed by atoms with Crippen molar-refractivity contribution in [2.45, 2.75) is 13.2 Å². The Labute approximate surface area is 67.1 Å². The van der Waals surface area contributed by atoms with Crippen molar-refractivity contribution in [1.29, 1.82) is 0 Å². The minimum absolute atomic E-state index is 0.433. The zero-order valence-corrected chi connectivity index (χ0v) is 6.86. The maximum absolute atomic E-state index is 9.20. The number of rotatable bonds is 2. The van der Waals surface area contributed by atoms with Gasteiger partial charge in [-0.3, -0.25) is 0 Å². The van der Waals surface area contributed by atoms with Crippen LogP contribution in [0.25, 0.3) is 0 Å². The summed E-state index contributed by atoms with van der Waals surface area (Å²) in [6, 6.07) is 9.79. The van der Waals surface area contributed by atoms with E-state index in [4.69, 9.17) is 0 Å². The minimum Gasteiger partial charge on any atom is -0.374 e. The van der Waals surface area contributed by atoms with Crippen LogP contribution in [0, 0.1) is 0 Å². The molecule has 0 aromatic heterocycles. The Kier molecular flexibility index (Phi) is 2.49. The third-order valence-electron chi connectivity index (χ3n) is 1.72. The van der Waals surface area contributed by atoms with Gasteiger partial charge in [-0.15, -0.1) is 0 Å². The molecule has 0 amide bonds. The van der Waals surface area contributed by atoms with E-state index in [0.29, 0.717) is 0 Å². The Bertz CT molecular complexity index is 208. The molecule has 0 saturated heterocycles. The molecule has 0 unspecified atom stereocenters. The molecule has 0 aliphatic heterocycles. The summed E-state index contributed by atoms with van der Waals surface area (Å²) < 4.78 is 0. The summed E-state index contributed by atoms with van der Waals surface area (Å²) in [5, 5.41) is 9.20. The fourth-order valence-electron chi connectivity index (χ4n) is 0.879. The quantitative estimate of drug-likeness (QED) is 0.647. The molecular weight excluding hydrogens is 138 g/mol. The Hall–Kier alpha value is -1.02. The summed E-state index contributed by atoms with van der Waals surface area (Å²) in [6.07, 6.45) is -0.433. The number of hydrogen-bond acceptors (Lipinski definition) is 2. The van der Waals surface area contributed by atoms with Gasteiger partial charge in [-0.05, 0) is 19.1 Å². The van der Waals surface area contributed by atoms with Gasteiger partial charge in [-0.25, -0.2) is 0 Å². The molecular formula is C9H13NO. The van der Waals surface area contributed by atoms with Crippen LogP contribution in [0.1, 0.15) is 6.92 Å². The third-order valence-corrected chi connectivity index (χ3v) is 1.72. The molecule has 1 N–H and O–H groups in total. The number of aliphatic hydroxyl groups is 1. The molecule has 0 radical (unpaired) electrons. The number of aliphatic hydroxyl groups excluding tert-OH is 1. The van der Waals surface area contributed by atoms with Gasteiger partial charge in [0.05, 0.1) is 0 Å². The van der Waals surface area contributed by atoms with Crippen molar-refractivity contribution in [3.8, 4) is 0 Å². The SMILES string of the molecule is C[C@H](O)N(C)c1ccccc1. The second-order valence-electron chi connectivity index (χ2n) is 2.58. The van der Waals surface area contributed by atoms with Crippen LogP contribution in [0.3, 0.4) is 0 Å². The summed E-state index contributed by atoms with van der Waals surface area (Å²) >= 11 is 0. The van der Waals surface area contributed by atoms with Crippen LogP contribution in [-0.2, 0) is 0 Å². The molecule has 2 nitrogen and oxygen atoms in total. The van der Waals surface area contributed by atoms with E-state index in [1.165, 1.54) is 0 Å². The highest BCUT2D eigenvalue weighted by atomic mass is 16.3. The van der Waals surface area contributed by atoms with Crippen LogP contribution in [-0.4, -0.2) is 18.4 Å². The molecule has 0 spiro atoms. The molecule has 11 heavy (non-hydrogen) atoms. The molecule has 1 aromatic carbocycles. The Morgan fingerprint density at radius 2 is 1.82 bits per heavy atom. The number of anilines is 1. The van der Waals surface area contributed by atoms with Gasteiger partial charge in [0, 0.05) is 12.7 Å². The first-order valence-corrected chi connectivity index (χ1v) is 3.68. The molecule has 1 aromatic rings. The molecule has 2 heteroatoms. The lowest BCUT2D eigenvalue weighted by Crippen LogP contribution is -2.27. The standard InChI is InChI=1S/C9H13NO/c1-8(11)10(2)9-6-4-3-5-7-9/h3-8,11H,1-2H3/t8-/m0/s1. The van der Waals surface area contributed by atoms with E-state index in [-0.39, 0.29) is 0 Å². The van der Waals surface area contributed by atoms with Crippen molar-refractivity contribution in [1.82, 2.24) is 0 Å². The summed E-state index contributed by atoms with van der Waals surface area (Å²) in [7, 11) is 1.86. The van der Waals surface area contributed by atoms with E-state index < -0.39 is 6.23 Å². The molecule has 0 fully saturated rings. The van der Waals surface area contributed by atoms with Gasteiger partial charge in [0.1, 0.15) is 6.23 Å². The second kappa shape index (κ2) is 3.39. The minimum atomic E-state index is -0.433. The van der Waals surface area contributed by atoms with Gasteiger partial charge in [-0.2, -0.15) is 0 Å². The first-order chi connectivity index (χ1) is 5.22. The van der Waals surface area contributed by atoms with E-state index in [2.05, 4.69) is 0 Å². The highest BCUT2D eigenvalue weighted by molar-refractivity contribution is 5.45. The normalized spacial score (nSPS) is 12.6. The van der Waals surface area contributed by atoms with Crippen LogP contribution in [0.15, 0.2) is 30.3 Å². The van der Waals surface area contributed by atoms with Gasteiger partial charge >= 0.3 is 0 Å². The summed E-state index contributed by atoms with van der Waals surface area (Å²) in [5.41, 5.74) is 1.03.